The summed E-state index contributed by atoms with van der Waals surface area (Å²) in [5.74, 6) is -0.508. The van der Waals surface area contributed by atoms with Gasteiger partial charge >= 0.3 is 5.91 Å². The van der Waals surface area contributed by atoms with Gasteiger partial charge in [-0.15, -0.1) is 10.2 Å². The molecule has 0 aliphatic carbocycles. The van der Waals surface area contributed by atoms with Gasteiger partial charge < -0.3 is 14.4 Å². The SMILES string of the molecule is O=C(COc1cc(Cl)ccc1Cl)N=Nc1c(O)n(Cc2ccc(Cl)cc2)c2ccc(Br)cc12. The minimum absolute atomic E-state index is 0.117. The number of rotatable bonds is 6. The zero-order chi connectivity index (χ0) is 23.5. The number of aromatic nitrogens is 1. The third kappa shape index (κ3) is 5.50. The van der Waals surface area contributed by atoms with E-state index in [1.165, 1.54) is 6.07 Å². The molecule has 0 atom stereocenters. The molecule has 4 rings (SSSR count). The number of ether oxygens (including phenoxy) is 1. The molecule has 6 nitrogen and oxygen atoms in total. The molecular formula is C23H15BrCl3N3O3. The van der Waals surface area contributed by atoms with Crippen molar-refractivity contribution in [2.45, 2.75) is 6.54 Å². The van der Waals surface area contributed by atoms with Crippen molar-refractivity contribution in [3.8, 4) is 11.6 Å². The summed E-state index contributed by atoms with van der Waals surface area (Å²) in [6.45, 7) is -0.0155. The standard InChI is InChI=1S/C23H15BrCl3N3O3/c24-14-3-8-19-17(9-14)22(23(32)30(19)11-13-1-4-15(25)5-2-13)29-28-21(31)12-33-20-10-16(26)6-7-18(20)27/h1-10,32H,11-12H2. The molecule has 0 fully saturated rings. The number of nitrogens with zero attached hydrogens (tertiary/aromatic N) is 3. The van der Waals surface area contributed by atoms with Crippen LogP contribution in [0.4, 0.5) is 5.69 Å². The number of fused-ring (bicyclic) bond motifs is 1. The molecule has 1 aromatic heterocycles. The third-order valence-electron chi connectivity index (χ3n) is 4.73. The predicted octanol–water partition coefficient (Wildman–Crippen LogP) is 7.81. The lowest BCUT2D eigenvalue weighted by atomic mass is 10.2. The highest BCUT2D eigenvalue weighted by Crippen LogP contribution is 2.40. The van der Waals surface area contributed by atoms with Crippen LogP contribution in [0.1, 0.15) is 5.56 Å². The molecule has 4 aromatic rings. The Kier molecular flexibility index (Phi) is 7.24. The molecule has 3 aromatic carbocycles. The average Bonchev–Trinajstić information content (AvgIpc) is 3.04. The molecule has 1 heterocycles. The van der Waals surface area contributed by atoms with Crippen molar-refractivity contribution in [3.63, 3.8) is 0 Å². The number of halogens is 4. The van der Waals surface area contributed by atoms with Crippen molar-refractivity contribution in [1.82, 2.24) is 4.57 Å². The van der Waals surface area contributed by atoms with E-state index in [0.29, 0.717) is 27.0 Å². The van der Waals surface area contributed by atoms with Crippen LogP contribution in [0.15, 0.2) is 75.4 Å². The summed E-state index contributed by atoms with van der Waals surface area (Å²) in [5.41, 5.74) is 1.84. The number of azo groups is 1. The van der Waals surface area contributed by atoms with Gasteiger partial charge in [0.1, 0.15) is 5.75 Å². The molecular weight excluding hydrogens is 553 g/mol. The summed E-state index contributed by atoms with van der Waals surface area (Å²) in [6.07, 6.45) is 0. The van der Waals surface area contributed by atoms with E-state index in [4.69, 9.17) is 39.5 Å². The first-order valence-electron chi connectivity index (χ1n) is 9.59. The van der Waals surface area contributed by atoms with Crippen molar-refractivity contribution in [1.29, 1.82) is 0 Å². The Morgan fingerprint density at radius 3 is 2.48 bits per heavy atom. The normalized spacial score (nSPS) is 11.4. The van der Waals surface area contributed by atoms with Gasteiger partial charge in [0.05, 0.1) is 17.1 Å². The van der Waals surface area contributed by atoms with Crippen molar-refractivity contribution in [3.05, 3.63) is 85.8 Å². The van der Waals surface area contributed by atoms with Gasteiger partial charge in [-0.25, -0.2) is 0 Å². The molecule has 1 N–H and O–H groups in total. The fraction of sp³-hybridized carbons (Fsp3) is 0.0870. The summed E-state index contributed by atoms with van der Waals surface area (Å²) in [4.78, 5) is 12.3. The largest absolute Gasteiger partial charge is 0.493 e. The van der Waals surface area contributed by atoms with E-state index in [-0.39, 0.29) is 17.3 Å². The lowest BCUT2D eigenvalue weighted by Gasteiger charge is -2.07. The smallest absolute Gasteiger partial charge is 0.302 e. The first-order chi connectivity index (χ1) is 15.8. The Hall–Kier alpha value is -2.58. The molecule has 0 radical (unpaired) electrons. The van der Waals surface area contributed by atoms with Gasteiger partial charge in [-0.1, -0.05) is 62.9 Å². The molecule has 1 amide bonds. The van der Waals surface area contributed by atoms with E-state index in [1.54, 1.807) is 34.9 Å². The Labute approximate surface area is 212 Å². The van der Waals surface area contributed by atoms with Crippen molar-refractivity contribution < 1.29 is 14.6 Å². The summed E-state index contributed by atoms with van der Waals surface area (Å²) in [5, 5.41) is 20.6. The fourth-order valence-electron chi connectivity index (χ4n) is 3.19. The highest BCUT2D eigenvalue weighted by Gasteiger charge is 2.18. The first kappa shape index (κ1) is 23.6. The van der Waals surface area contributed by atoms with Crippen LogP contribution in [0.25, 0.3) is 10.9 Å². The van der Waals surface area contributed by atoms with Crippen LogP contribution in [0.2, 0.25) is 15.1 Å². The maximum atomic E-state index is 12.3. The Morgan fingerprint density at radius 2 is 1.73 bits per heavy atom. The van der Waals surface area contributed by atoms with Gasteiger partial charge in [0.15, 0.2) is 12.3 Å². The van der Waals surface area contributed by atoms with Crippen LogP contribution in [0.3, 0.4) is 0 Å². The number of aromatic hydroxyl groups is 1. The van der Waals surface area contributed by atoms with Gasteiger partial charge in [-0.05, 0) is 48.0 Å². The quantitative estimate of drug-likeness (QED) is 0.242. The predicted molar refractivity (Wildman–Crippen MR) is 133 cm³/mol. The molecule has 0 bridgehead atoms. The van der Waals surface area contributed by atoms with E-state index < -0.39 is 12.5 Å². The minimum Gasteiger partial charge on any atom is -0.493 e. The zero-order valence-electron chi connectivity index (χ0n) is 16.8. The second-order valence-electron chi connectivity index (χ2n) is 7.00. The van der Waals surface area contributed by atoms with Crippen LogP contribution < -0.4 is 4.74 Å². The lowest BCUT2D eigenvalue weighted by Crippen LogP contribution is -2.08. The van der Waals surface area contributed by atoms with Crippen LogP contribution >= 0.6 is 50.7 Å². The first-order valence-corrected chi connectivity index (χ1v) is 11.5. The van der Waals surface area contributed by atoms with Crippen molar-refractivity contribution >= 4 is 73.2 Å². The van der Waals surface area contributed by atoms with Crippen LogP contribution in [0, 0.1) is 0 Å². The third-order valence-corrected chi connectivity index (χ3v) is 6.02. The van der Waals surface area contributed by atoms with E-state index in [0.717, 1.165) is 15.6 Å². The number of carbonyl (C=O) groups excluding carboxylic acids is 1. The van der Waals surface area contributed by atoms with Gasteiger partial charge in [-0.3, -0.25) is 4.79 Å². The lowest BCUT2D eigenvalue weighted by molar-refractivity contribution is -0.120. The molecule has 0 aliphatic rings. The average molecular weight is 568 g/mol. The monoisotopic (exact) mass is 565 g/mol. The van der Waals surface area contributed by atoms with Crippen LogP contribution in [-0.4, -0.2) is 22.2 Å². The molecule has 0 unspecified atom stereocenters. The van der Waals surface area contributed by atoms with Gasteiger partial charge in [-0.2, -0.15) is 0 Å². The maximum Gasteiger partial charge on any atom is 0.302 e. The van der Waals surface area contributed by atoms with Crippen LogP contribution in [0.5, 0.6) is 11.6 Å². The highest BCUT2D eigenvalue weighted by atomic mass is 79.9. The van der Waals surface area contributed by atoms with Gasteiger partial charge in [0.2, 0.25) is 5.88 Å². The second kappa shape index (κ2) is 10.1. The summed E-state index contributed by atoms with van der Waals surface area (Å²) >= 11 is 21.4. The molecule has 168 valence electrons. The number of benzene rings is 3. The molecule has 0 spiro atoms. The van der Waals surface area contributed by atoms with E-state index in [2.05, 4.69) is 26.2 Å². The Bertz CT molecular complexity index is 1370. The van der Waals surface area contributed by atoms with E-state index >= 15 is 0 Å². The molecule has 0 aliphatic heterocycles. The molecule has 0 saturated heterocycles. The van der Waals surface area contributed by atoms with Gasteiger partial charge in [0, 0.05) is 26.0 Å². The van der Waals surface area contributed by atoms with Crippen LogP contribution in [-0.2, 0) is 11.3 Å². The zero-order valence-corrected chi connectivity index (χ0v) is 20.7. The highest BCUT2D eigenvalue weighted by molar-refractivity contribution is 9.10. The summed E-state index contributed by atoms with van der Waals surface area (Å²) in [7, 11) is 0. The fourth-order valence-corrected chi connectivity index (χ4v) is 4.01. The minimum atomic E-state index is -0.654. The Morgan fingerprint density at radius 1 is 1.00 bits per heavy atom. The molecule has 10 heteroatoms. The molecule has 33 heavy (non-hydrogen) atoms. The second-order valence-corrected chi connectivity index (χ2v) is 9.20. The molecule has 0 saturated carbocycles. The number of amides is 1. The number of carbonyl (C=O) groups is 1. The van der Waals surface area contributed by atoms with Crippen molar-refractivity contribution in [2.24, 2.45) is 10.2 Å². The summed E-state index contributed by atoms with van der Waals surface area (Å²) in [6, 6.07) is 17.5. The number of hydrogen-bond donors (Lipinski definition) is 1. The van der Waals surface area contributed by atoms with Crippen molar-refractivity contribution in [2.75, 3.05) is 6.61 Å². The number of hydrogen-bond acceptors (Lipinski definition) is 4. The Balaban J connectivity index is 1.60. The van der Waals surface area contributed by atoms with Gasteiger partial charge in [0.25, 0.3) is 0 Å². The maximum absolute atomic E-state index is 12.3. The summed E-state index contributed by atoms with van der Waals surface area (Å²) < 4.78 is 7.87. The van der Waals surface area contributed by atoms with E-state index in [1.807, 2.05) is 24.3 Å². The topological polar surface area (TPSA) is 76.2 Å². The van der Waals surface area contributed by atoms with E-state index in [9.17, 15) is 9.90 Å².